The average Bonchev–Trinajstić information content (AvgIpc) is 2.56. The molecule has 0 aliphatic carbocycles. The third-order valence-corrected chi connectivity index (χ3v) is 3.35. The lowest BCUT2D eigenvalue weighted by Crippen LogP contribution is -2.09. The maximum Gasteiger partial charge on any atom is 0.341 e. The van der Waals surface area contributed by atoms with Crippen LogP contribution in [0.25, 0.3) is 11.4 Å². The van der Waals surface area contributed by atoms with Gasteiger partial charge in [0.25, 0.3) is 0 Å². The van der Waals surface area contributed by atoms with Gasteiger partial charge in [0, 0.05) is 11.8 Å². The second-order valence-electron chi connectivity index (χ2n) is 5.14. The van der Waals surface area contributed by atoms with Crippen LogP contribution in [0.1, 0.15) is 42.7 Å². The van der Waals surface area contributed by atoms with Crippen LogP contribution in [0.4, 0.5) is 0 Å². The van der Waals surface area contributed by atoms with E-state index >= 15 is 0 Å². The molecule has 1 aromatic heterocycles. The molecule has 0 radical (unpaired) electrons. The van der Waals surface area contributed by atoms with E-state index in [0.717, 1.165) is 30.8 Å². The molecule has 122 valence electrons. The smallest absolute Gasteiger partial charge is 0.341 e. The van der Waals surface area contributed by atoms with Crippen molar-refractivity contribution in [2.24, 2.45) is 0 Å². The molecule has 0 aliphatic rings. The molecule has 23 heavy (non-hydrogen) atoms. The Morgan fingerprint density at radius 2 is 1.91 bits per heavy atom. The van der Waals surface area contributed by atoms with Crippen LogP contribution in [0.2, 0.25) is 0 Å². The Balaban J connectivity index is 2.12. The Bertz CT molecular complexity index is 654. The molecular formula is C18H22N2O3. The molecule has 0 unspecified atom stereocenters. The summed E-state index contributed by atoms with van der Waals surface area (Å²) in [6.45, 7) is 6.73. The molecule has 0 spiro atoms. The number of benzene rings is 1. The number of carbonyl (C=O) groups excluding carboxylic acids is 1. The first kappa shape index (κ1) is 16.9. The third-order valence-electron chi connectivity index (χ3n) is 3.35. The monoisotopic (exact) mass is 314 g/mol. The predicted molar refractivity (Wildman–Crippen MR) is 88.6 cm³/mol. The largest absolute Gasteiger partial charge is 0.494 e. The molecular weight excluding hydrogens is 292 g/mol. The van der Waals surface area contributed by atoms with E-state index in [1.54, 1.807) is 13.8 Å². The zero-order valence-corrected chi connectivity index (χ0v) is 13.8. The maximum atomic E-state index is 11.8. The second kappa shape index (κ2) is 8.27. The number of rotatable bonds is 7. The number of hydrogen-bond acceptors (Lipinski definition) is 5. The summed E-state index contributed by atoms with van der Waals surface area (Å²) in [6, 6.07) is 7.64. The molecule has 0 fully saturated rings. The average molecular weight is 314 g/mol. The van der Waals surface area contributed by atoms with Crippen LogP contribution in [-0.4, -0.2) is 29.2 Å². The third kappa shape index (κ3) is 4.52. The van der Waals surface area contributed by atoms with Gasteiger partial charge in [0.05, 0.1) is 24.5 Å². The number of ether oxygens (including phenoxy) is 2. The molecule has 0 bridgehead atoms. The highest BCUT2D eigenvalue weighted by molar-refractivity contribution is 5.90. The van der Waals surface area contributed by atoms with Gasteiger partial charge in [0.2, 0.25) is 0 Å². The van der Waals surface area contributed by atoms with E-state index in [9.17, 15) is 4.79 Å². The summed E-state index contributed by atoms with van der Waals surface area (Å²) in [7, 11) is 0. The van der Waals surface area contributed by atoms with Gasteiger partial charge in [-0.3, -0.25) is 0 Å². The van der Waals surface area contributed by atoms with Gasteiger partial charge in [-0.25, -0.2) is 14.8 Å². The van der Waals surface area contributed by atoms with E-state index in [-0.39, 0.29) is 0 Å². The highest BCUT2D eigenvalue weighted by Gasteiger charge is 2.13. The Morgan fingerprint density at radius 1 is 1.17 bits per heavy atom. The molecule has 2 aromatic rings. The molecule has 2 rings (SSSR count). The number of hydrogen-bond donors (Lipinski definition) is 0. The van der Waals surface area contributed by atoms with Crippen molar-refractivity contribution in [3.8, 4) is 17.1 Å². The zero-order chi connectivity index (χ0) is 16.7. The van der Waals surface area contributed by atoms with Crippen molar-refractivity contribution in [3.63, 3.8) is 0 Å². The SMILES string of the molecule is CCCCOc1ccc(-c2ncc(C(=O)OCC)c(C)n2)cc1. The first-order chi connectivity index (χ1) is 11.2. The van der Waals surface area contributed by atoms with Gasteiger partial charge in [0.1, 0.15) is 5.75 Å². The van der Waals surface area contributed by atoms with Crippen LogP contribution in [0.5, 0.6) is 5.75 Å². The van der Waals surface area contributed by atoms with Gasteiger partial charge in [-0.2, -0.15) is 0 Å². The number of nitrogens with zero attached hydrogens (tertiary/aromatic N) is 2. The number of carbonyl (C=O) groups is 1. The Morgan fingerprint density at radius 3 is 2.52 bits per heavy atom. The fourth-order valence-electron chi connectivity index (χ4n) is 2.05. The van der Waals surface area contributed by atoms with Crippen LogP contribution >= 0.6 is 0 Å². The minimum absolute atomic E-state index is 0.333. The lowest BCUT2D eigenvalue weighted by atomic mass is 10.2. The Labute approximate surface area is 136 Å². The molecule has 1 heterocycles. The van der Waals surface area contributed by atoms with Crippen molar-refractivity contribution in [3.05, 3.63) is 41.7 Å². The fraction of sp³-hybridized carbons (Fsp3) is 0.389. The molecule has 5 heteroatoms. The fourth-order valence-corrected chi connectivity index (χ4v) is 2.05. The maximum absolute atomic E-state index is 11.8. The minimum Gasteiger partial charge on any atom is -0.494 e. The minimum atomic E-state index is -0.392. The van der Waals surface area contributed by atoms with Crippen LogP contribution in [-0.2, 0) is 4.74 Å². The van der Waals surface area contributed by atoms with E-state index in [1.165, 1.54) is 6.20 Å². The normalized spacial score (nSPS) is 10.4. The lowest BCUT2D eigenvalue weighted by Gasteiger charge is -2.08. The highest BCUT2D eigenvalue weighted by Crippen LogP contribution is 2.20. The van der Waals surface area contributed by atoms with Crippen LogP contribution in [0.3, 0.4) is 0 Å². The standard InChI is InChI=1S/C18H22N2O3/c1-4-6-11-23-15-9-7-14(8-10-15)17-19-12-16(13(3)20-17)18(21)22-5-2/h7-10,12H,4-6,11H2,1-3H3. The lowest BCUT2D eigenvalue weighted by molar-refractivity contribution is 0.0524. The Kier molecular flexibility index (Phi) is 6.09. The first-order valence-corrected chi connectivity index (χ1v) is 7.89. The van der Waals surface area contributed by atoms with Gasteiger partial charge in [-0.1, -0.05) is 13.3 Å². The van der Waals surface area contributed by atoms with Crippen molar-refractivity contribution in [1.29, 1.82) is 0 Å². The van der Waals surface area contributed by atoms with E-state index in [4.69, 9.17) is 9.47 Å². The van der Waals surface area contributed by atoms with Crippen molar-refractivity contribution in [2.45, 2.75) is 33.6 Å². The van der Waals surface area contributed by atoms with Crippen molar-refractivity contribution >= 4 is 5.97 Å². The molecule has 1 aromatic carbocycles. The van der Waals surface area contributed by atoms with Gasteiger partial charge >= 0.3 is 5.97 Å². The zero-order valence-electron chi connectivity index (χ0n) is 13.8. The van der Waals surface area contributed by atoms with Gasteiger partial charge in [0.15, 0.2) is 5.82 Å². The molecule has 0 atom stereocenters. The topological polar surface area (TPSA) is 61.3 Å². The van der Waals surface area contributed by atoms with Gasteiger partial charge < -0.3 is 9.47 Å². The molecule has 5 nitrogen and oxygen atoms in total. The first-order valence-electron chi connectivity index (χ1n) is 7.89. The number of aryl methyl sites for hydroxylation is 1. The summed E-state index contributed by atoms with van der Waals surface area (Å²) >= 11 is 0. The van der Waals surface area contributed by atoms with Crippen LogP contribution in [0, 0.1) is 6.92 Å². The van der Waals surface area contributed by atoms with E-state index in [1.807, 2.05) is 24.3 Å². The number of aromatic nitrogens is 2. The summed E-state index contributed by atoms with van der Waals surface area (Å²) in [5.41, 5.74) is 1.89. The molecule has 0 aliphatic heterocycles. The number of esters is 1. The van der Waals surface area contributed by atoms with E-state index in [2.05, 4.69) is 16.9 Å². The van der Waals surface area contributed by atoms with E-state index < -0.39 is 5.97 Å². The summed E-state index contributed by atoms with van der Waals surface area (Å²) < 4.78 is 10.6. The highest BCUT2D eigenvalue weighted by atomic mass is 16.5. The molecule has 0 N–H and O–H groups in total. The van der Waals surface area contributed by atoms with Crippen LogP contribution < -0.4 is 4.74 Å². The summed E-state index contributed by atoms with van der Waals surface area (Å²) in [4.78, 5) is 20.4. The van der Waals surface area contributed by atoms with Crippen molar-refractivity contribution in [1.82, 2.24) is 9.97 Å². The quantitative estimate of drug-likeness (QED) is 0.574. The second-order valence-corrected chi connectivity index (χ2v) is 5.14. The predicted octanol–water partition coefficient (Wildman–Crippen LogP) is 3.81. The van der Waals surface area contributed by atoms with Gasteiger partial charge in [-0.05, 0) is 44.5 Å². The molecule has 0 amide bonds. The van der Waals surface area contributed by atoms with Crippen molar-refractivity contribution < 1.29 is 14.3 Å². The summed E-state index contributed by atoms with van der Waals surface area (Å²) in [5, 5.41) is 0. The molecule has 0 saturated heterocycles. The molecule has 0 saturated carbocycles. The number of unbranched alkanes of at least 4 members (excludes halogenated alkanes) is 1. The van der Waals surface area contributed by atoms with Gasteiger partial charge in [-0.15, -0.1) is 0 Å². The summed E-state index contributed by atoms with van der Waals surface area (Å²) in [6.07, 6.45) is 3.67. The Hall–Kier alpha value is -2.43. The van der Waals surface area contributed by atoms with Crippen molar-refractivity contribution in [2.75, 3.05) is 13.2 Å². The van der Waals surface area contributed by atoms with E-state index in [0.29, 0.717) is 23.7 Å². The summed E-state index contributed by atoms with van der Waals surface area (Å²) in [5.74, 6) is 1.02. The van der Waals surface area contributed by atoms with Crippen LogP contribution in [0.15, 0.2) is 30.5 Å².